The highest BCUT2D eigenvalue weighted by Gasteiger charge is 2.38. The van der Waals surface area contributed by atoms with Crippen molar-refractivity contribution in [2.45, 2.75) is 18.9 Å². The number of aromatic nitrogens is 4. The molecule has 1 amide bonds. The molecule has 12 heteroatoms. The van der Waals surface area contributed by atoms with Crippen molar-refractivity contribution in [2.75, 3.05) is 6.54 Å². The van der Waals surface area contributed by atoms with E-state index in [-0.39, 0.29) is 40.7 Å². The molecule has 0 spiro atoms. The number of carboxylic acid groups (broad SMARTS) is 1. The third kappa shape index (κ3) is 4.94. The minimum Gasteiger partial charge on any atom is -0.478 e. The lowest BCUT2D eigenvalue weighted by Gasteiger charge is -2.37. The van der Waals surface area contributed by atoms with Crippen LogP contribution in [0.1, 0.15) is 43.6 Å². The van der Waals surface area contributed by atoms with Crippen LogP contribution < -0.4 is 0 Å². The molecule has 0 radical (unpaired) electrons. The Hall–Kier alpha value is -5.16. The molecule has 1 N–H and O–H groups in total. The second kappa shape index (κ2) is 11.0. The number of benzene rings is 3. The van der Waals surface area contributed by atoms with Crippen molar-refractivity contribution in [3.05, 3.63) is 118 Å². The standard InChI is InChI=1S/C30H21ClFN5O5/c31-23-5-2-6-25(27(23)32)37-15-24(34-35-37)29(39)36-12-11-21-20(19-14-33-42-16-19)3-1-4-22(21)28(36)26(38)13-17-7-9-18(10-8-17)30(40)41/h1-10,14-16,28H,11-13H2,(H,40,41). The number of hydrogen-bond donors (Lipinski definition) is 1. The highest BCUT2D eigenvalue weighted by molar-refractivity contribution is 6.30. The highest BCUT2D eigenvalue weighted by Crippen LogP contribution is 2.38. The number of halogens is 2. The Morgan fingerprint density at radius 3 is 2.60 bits per heavy atom. The number of nitrogens with zero attached hydrogens (tertiary/aromatic N) is 5. The van der Waals surface area contributed by atoms with Crippen LogP contribution in [0.3, 0.4) is 0 Å². The number of carboxylic acids is 1. The first-order chi connectivity index (χ1) is 20.3. The van der Waals surface area contributed by atoms with E-state index in [1.807, 2.05) is 6.07 Å². The first kappa shape index (κ1) is 27.0. The predicted molar refractivity (Wildman–Crippen MR) is 148 cm³/mol. The van der Waals surface area contributed by atoms with Crippen molar-refractivity contribution in [2.24, 2.45) is 0 Å². The van der Waals surface area contributed by atoms with Gasteiger partial charge in [-0.25, -0.2) is 13.9 Å². The number of carbonyl (C=O) groups is 3. The van der Waals surface area contributed by atoms with Crippen LogP contribution in [0.5, 0.6) is 0 Å². The third-order valence-electron chi connectivity index (χ3n) is 7.20. The first-order valence-electron chi connectivity index (χ1n) is 12.9. The Bertz CT molecular complexity index is 1820. The van der Waals surface area contributed by atoms with Crippen molar-refractivity contribution < 1.29 is 28.4 Å². The molecule has 1 aliphatic rings. The fourth-order valence-corrected chi connectivity index (χ4v) is 5.37. The Morgan fingerprint density at radius 2 is 1.86 bits per heavy atom. The number of aromatic carboxylic acids is 1. The molecule has 0 aliphatic carbocycles. The third-order valence-corrected chi connectivity index (χ3v) is 7.49. The molecule has 1 aliphatic heterocycles. The minimum atomic E-state index is -1.07. The van der Waals surface area contributed by atoms with Crippen molar-refractivity contribution in [3.63, 3.8) is 0 Å². The Morgan fingerprint density at radius 1 is 1.07 bits per heavy atom. The van der Waals surface area contributed by atoms with Gasteiger partial charge in [0.1, 0.15) is 18.0 Å². The number of ketones is 1. The quantitative estimate of drug-likeness (QED) is 0.283. The normalized spacial score (nSPS) is 14.4. The molecule has 6 rings (SSSR count). The van der Waals surface area contributed by atoms with Gasteiger partial charge in [0.05, 0.1) is 23.0 Å². The summed E-state index contributed by atoms with van der Waals surface area (Å²) < 4.78 is 20.8. The zero-order valence-corrected chi connectivity index (χ0v) is 22.5. The summed E-state index contributed by atoms with van der Waals surface area (Å²) in [7, 11) is 0. The van der Waals surface area contributed by atoms with Gasteiger partial charge in [0.15, 0.2) is 17.3 Å². The maximum absolute atomic E-state index is 14.6. The van der Waals surface area contributed by atoms with Crippen LogP contribution in [0.2, 0.25) is 5.02 Å². The molecular formula is C30H21ClFN5O5. The van der Waals surface area contributed by atoms with E-state index in [1.165, 1.54) is 41.6 Å². The molecule has 0 fully saturated rings. The van der Waals surface area contributed by atoms with E-state index in [0.29, 0.717) is 17.5 Å². The lowest BCUT2D eigenvalue weighted by atomic mass is 9.84. The molecule has 2 aromatic heterocycles. The Kier molecular flexibility index (Phi) is 7.09. The molecule has 10 nitrogen and oxygen atoms in total. The van der Waals surface area contributed by atoms with Crippen LogP contribution in [0.25, 0.3) is 16.8 Å². The van der Waals surface area contributed by atoms with Gasteiger partial charge in [0.25, 0.3) is 5.91 Å². The maximum atomic E-state index is 14.6. The molecule has 1 atom stereocenters. The number of fused-ring (bicyclic) bond motifs is 1. The van der Waals surface area contributed by atoms with Crippen molar-refractivity contribution >= 4 is 29.3 Å². The molecule has 0 bridgehead atoms. The van der Waals surface area contributed by atoms with Gasteiger partial charge in [0, 0.05) is 18.5 Å². The Balaban J connectivity index is 1.37. The predicted octanol–water partition coefficient (Wildman–Crippen LogP) is 4.96. The first-order valence-corrected chi connectivity index (χ1v) is 13.2. The summed E-state index contributed by atoms with van der Waals surface area (Å²) in [6.07, 6.45) is 4.79. The summed E-state index contributed by atoms with van der Waals surface area (Å²) in [6, 6.07) is 15.0. The molecule has 3 heterocycles. The van der Waals surface area contributed by atoms with E-state index >= 15 is 0 Å². The van der Waals surface area contributed by atoms with E-state index in [9.17, 15) is 23.9 Å². The fraction of sp³-hybridized carbons (Fsp3) is 0.133. The summed E-state index contributed by atoms with van der Waals surface area (Å²) in [4.78, 5) is 40.5. The number of Topliss-reactive ketones (excluding diaryl/α,β-unsaturated/α-hetero) is 1. The van der Waals surface area contributed by atoms with Gasteiger partial charge in [0.2, 0.25) is 0 Å². The van der Waals surface area contributed by atoms with Crippen LogP contribution in [0.4, 0.5) is 4.39 Å². The SMILES string of the molecule is O=C(O)c1ccc(CC(=O)C2c3cccc(-c4cnoc4)c3CCN2C(=O)c2cn(-c3cccc(Cl)c3F)nn2)cc1. The Labute approximate surface area is 242 Å². The lowest BCUT2D eigenvalue weighted by Crippen LogP contribution is -2.44. The van der Waals surface area contributed by atoms with Gasteiger partial charge in [-0.1, -0.05) is 58.4 Å². The monoisotopic (exact) mass is 585 g/mol. The summed E-state index contributed by atoms with van der Waals surface area (Å²) >= 11 is 5.91. The highest BCUT2D eigenvalue weighted by atomic mass is 35.5. The second-order valence-electron chi connectivity index (χ2n) is 9.70. The fourth-order valence-electron chi connectivity index (χ4n) is 5.20. The van der Waals surface area contributed by atoms with E-state index in [2.05, 4.69) is 15.5 Å². The number of rotatable bonds is 7. The van der Waals surface area contributed by atoms with Crippen LogP contribution in [0.15, 0.2) is 83.8 Å². The molecule has 3 aromatic carbocycles. The molecule has 210 valence electrons. The van der Waals surface area contributed by atoms with Gasteiger partial charge in [-0.2, -0.15) is 0 Å². The molecule has 42 heavy (non-hydrogen) atoms. The zero-order valence-electron chi connectivity index (χ0n) is 21.8. The lowest BCUT2D eigenvalue weighted by molar-refractivity contribution is -0.123. The zero-order chi connectivity index (χ0) is 29.4. The number of hydrogen-bond acceptors (Lipinski definition) is 7. The summed E-state index contributed by atoms with van der Waals surface area (Å²) in [5.41, 5.74) is 3.76. The van der Waals surface area contributed by atoms with E-state index in [0.717, 1.165) is 21.4 Å². The minimum absolute atomic E-state index is 0.0221. The molecule has 0 saturated carbocycles. The second-order valence-corrected chi connectivity index (χ2v) is 10.1. The van der Waals surface area contributed by atoms with Crippen LogP contribution in [-0.4, -0.2) is 54.4 Å². The van der Waals surface area contributed by atoms with Crippen LogP contribution in [0, 0.1) is 5.82 Å². The van der Waals surface area contributed by atoms with Gasteiger partial charge in [-0.15, -0.1) is 5.10 Å². The van der Waals surface area contributed by atoms with Gasteiger partial charge in [-0.05, 0) is 52.9 Å². The van der Waals surface area contributed by atoms with E-state index < -0.39 is 23.7 Å². The van der Waals surface area contributed by atoms with Gasteiger partial charge >= 0.3 is 5.97 Å². The molecular weight excluding hydrogens is 565 g/mol. The molecule has 0 saturated heterocycles. The number of amides is 1. The summed E-state index contributed by atoms with van der Waals surface area (Å²) in [5, 5.41) is 20.8. The molecule has 1 unspecified atom stereocenters. The van der Waals surface area contributed by atoms with E-state index in [1.54, 1.807) is 36.5 Å². The van der Waals surface area contributed by atoms with Crippen LogP contribution >= 0.6 is 11.6 Å². The molecule has 5 aromatic rings. The van der Waals surface area contributed by atoms with Crippen molar-refractivity contribution in [1.82, 2.24) is 25.1 Å². The van der Waals surface area contributed by atoms with Gasteiger partial charge < -0.3 is 14.5 Å². The average Bonchev–Trinajstić information content (AvgIpc) is 3.71. The summed E-state index contributed by atoms with van der Waals surface area (Å²) in [5.74, 6) is -2.61. The van der Waals surface area contributed by atoms with Crippen LogP contribution in [-0.2, 0) is 17.6 Å². The topological polar surface area (TPSA) is 131 Å². The van der Waals surface area contributed by atoms with E-state index in [4.69, 9.17) is 16.1 Å². The summed E-state index contributed by atoms with van der Waals surface area (Å²) in [6.45, 7) is 0.195. The largest absolute Gasteiger partial charge is 0.478 e. The average molecular weight is 586 g/mol. The van der Waals surface area contributed by atoms with Crippen molar-refractivity contribution in [3.8, 4) is 16.8 Å². The van der Waals surface area contributed by atoms with Gasteiger partial charge in [-0.3, -0.25) is 9.59 Å². The maximum Gasteiger partial charge on any atom is 0.335 e. The van der Waals surface area contributed by atoms with Crippen molar-refractivity contribution in [1.29, 1.82) is 0 Å². The smallest absolute Gasteiger partial charge is 0.335 e. The number of carbonyl (C=O) groups excluding carboxylic acids is 2.